The highest BCUT2D eigenvalue weighted by Gasteiger charge is 2.14. The molecule has 1 aromatic heterocycles. The number of benzene rings is 2. The van der Waals surface area contributed by atoms with Crippen molar-refractivity contribution in [3.05, 3.63) is 46.6 Å². The lowest BCUT2D eigenvalue weighted by atomic mass is 10.1. The van der Waals surface area contributed by atoms with Crippen LogP contribution in [0.3, 0.4) is 0 Å². The fourth-order valence-electron chi connectivity index (χ4n) is 2.40. The molecule has 2 aromatic carbocycles. The molecule has 0 spiro atoms. The lowest BCUT2D eigenvalue weighted by Crippen LogP contribution is -2.18. The Kier molecular flexibility index (Phi) is 4.12. The molecule has 0 aliphatic heterocycles. The Bertz CT molecular complexity index is 970. The molecule has 0 aliphatic rings. The molecule has 24 heavy (non-hydrogen) atoms. The first kappa shape index (κ1) is 15.9. The third kappa shape index (κ3) is 3.03. The Hall–Kier alpha value is -3.02. The van der Waals surface area contributed by atoms with Gasteiger partial charge in [-0.15, -0.1) is 0 Å². The van der Waals surface area contributed by atoms with E-state index in [1.165, 1.54) is 12.1 Å². The van der Waals surface area contributed by atoms with Crippen LogP contribution in [0, 0.1) is 0 Å². The van der Waals surface area contributed by atoms with Crippen LogP contribution in [0.2, 0.25) is 0 Å². The van der Waals surface area contributed by atoms with Gasteiger partial charge in [-0.1, -0.05) is 12.1 Å². The van der Waals surface area contributed by atoms with Gasteiger partial charge in [0.2, 0.25) is 5.43 Å². The van der Waals surface area contributed by atoms with Crippen molar-refractivity contribution < 1.29 is 23.8 Å². The van der Waals surface area contributed by atoms with Gasteiger partial charge in [0, 0.05) is 12.1 Å². The molecule has 0 radical (unpaired) electrons. The summed E-state index contributed by atoms with van der Waals surface area (Å²) in [4.78, 5) is 24.0. The lowest BCUT2D eigenvalue weighted by molar-refractivity contribution is -0.149. The minimum atomic E-state index is -0.524. The Balaban J connectivity index is 1.99. The van der Waals surface area contributed by atoms with Crippen LogP contribution in [0.15, 0.2) is 45.6 Å². The fraction of sp³-hybridized carbons (Fsp3) is 0.222. The molecule has 1 heterocycles. The number of ether oxygens (including phenoxy) is 2. The lowest BCUT2D eigenvalue weighted by Gasteiger charge is -2.10. The van der Waals surface area contributed by atoms with Gasteiger partial charge in [-0.2, -0.15) is 0 Å². The molecule has 0 fully saturated rings. The minimum Gasteiger partial charge on any atom is -0.507 e. The molecular formula is C18H16O6. The highest BCUT2D eigenvalue weighted by Crippen LogP contribution is 2.30. The maximum Gasteiger partial charge on any atom is 0.344 e. The third-order valence-corrected chi connectivity index (χ3v) is 3.36. The molecule has 124 valence electrons. The van der Waals surface area contributed by atoms with E-state index < -0.39 is 5.97 Å². The van der Waals surface area contributed by atoms with E-state index >= 15 is 0 Å². The van der Waals surface area contributed by atoms with E-state index in [0.29, 0.717) is 11.0 Å². The van der Waals surface area contributed by atoms with Gasteiger partial charge in [0.05, 0.1) is 11.5 Å². The number of carbonyl (C=O) groups is 1. The zero-order valence-electron chi connectivity index (χ0n) is 13.2. The Labute approximate surface area is 137 Å². The van der Waals surface area contributed by atoms with Crippen molar-refractivity contribution in [3.8, 4) is 11.5 Å². The van der Waals surface area contributed by atoms with Crippen LogP contribution in [0.25, 0.3) is 21.9 Å². The second-order valence-corrected chi connectivity index (χ2v) is 5.57. The zero-order valence-corrected chi connectivity index (χ0v) is 13.2. The third-order valence-electron chi connectivity index (χ3n) is 3.36. The van der Waals surface area contributed by atoms with Crippen molar-refractivity contribution in [1.82, 2.24) is 0 Å². The predicted molar refractivity (Wildman–Crippen MR) is 88.4 cm³/mol. The molecule has 0 amide bonds. The molecular weight excluding hydrogens is 312 g/mol. The number of para-hydroxylation sites is 1. The first-order valence-electron chi connectivity index (χ1n) is 7.46. The number of carbonyl (C=O) groups excluding carboxylic acids is 1. The van der Waals surface area contributed by atoms with Gasteiger partial charge in [0.1, 0.15) is 28.1 Å². The quantitative estimate of drug-likeness (QED) is 0.585. The van der Waals surface area contributed by atoms with Crippen LogP contribution in [0.1, 0.15) is 13.8 Å². The maximum atomic E-state index is 12.5. The van der Waals surface area contributed by atoms with Gasteiger partial charge in [-0.05, 0) is 26.0 Å². The SMILES string of the molecule is CC(C)OC(=O)COc1cc(O)c2c(=O)c3ccccc3oc2c1. The molecule has 1 N–H and O–H groups in total. The highest BCUT2D eigenvalue weighted by molar-refractivity contribution is 5.93. The Morgan fingerprint density at radius 3 is 2.71 bits per heavy atom. The number of hydrogen-bond acceptors (Lipinski definition) is 6. The molecule has 0 saturated carbocycles. The van der Waals surface area contributed by atoms with Crippen LogP contribution in [0.5, 0.6) is 11.5 Å². The van der Waals surface area contributed by atoms with Crippen molar-refractivity contribution in [2.24, 2.45) is 0 Å². The average molecular weight is 328 g/mol. The normalized spacial score (nSPS) is 11.1. The summed E-state index contributed by atoms with van der Waals surface area (Å²) >= 11 is 0. The second-order valence-electron chi connectivity index (χ2n) is 5.57. The van der Waals surface area contributed by atoms with Gasteiger partial charge in [0.15, 0.2) is 6.61 Å². The van der Waals surface area contributed by atoms with Crippen LogP contribution < -0.4 is 10.2 Å². The fourth-order valence-corrected chi connectivity index (χ4v) is 2.40. The van der Waals surface area contributed by atoms with Crippen LogP contribution in [0.4, 0.5) is 0 Å². The predicted octanol–water partition coefficient (Wildman–Crippen LogP) is 2.98. The van der Waals surface area contributed by atoms with E-state index in [0.717, 1.165) is 0 Å². The van der Waals surface area contributed by atoms with E-state index in [4.69, 9.17) is 13.9 Å². The summed E-state index contributed by atoms with van der Waals surface area (Å²) in [5.74, 6) is -0.581. The minimum absolute atomic E-state index is 0.0748. The molecule has 3 aromatic rings. The van der Waals surface area contributed by atoms with E-state index in [9.17, 15) is 14.7 Å². The standard InChI is InChI=1S/C18H16O6/c1-10(2)23-16(20)9-22-11-7-13(19)17-15(8-11)24-14-6-4-3-5-12(14)18(17)21/h3-8,10,19H,9H2,1-2H3. The summed E-state index contributed by atoms with van der Waals surface area (Å²) in [6, 6.07) is 9.51. The van der Waals surface area contributed by atoms with Crippen LogP contribution in [-0.4, -0.2) is 23.8 Å². The Morgan fingerprint density at radius 1 is 1.21 bits per heavy atom. The van der Waals surface area contributed by atoms with Gasteiger partial charge in [0.25, 0.3) is 0 Å². The number of phenols is 1. The van der Waals surface area contributed by atoms with E-state index in [2.05, 4.69) is 0 Å². The zero-order chi connectivity index (χ0) is 17.3. The number of phenolic OH excluding ortho intramolecular Hbond substituents is 1. The smallest absolute Gasteiger partial charge is 0.344 e. The van der Waals surface area contributed by atoms with Crippen LogP contribution >= 0.6 is 0 Å². The van der Waals surface area contributed by atoms with Crippen molar-refractivity contribution >= 4 is 27.9 Å². The summed E-state index contributed by atoms with van der Waals surface area (Å²) in [6.07, 6.45) is -0.240. The van der Waals surface area contributed by atoms with Crippen molar-refractivity contribution in [2.45, 2.75) is 20.0 Å². The summed E-state index contributed by atoms with van der Waals surface area (Å²) in [5.41, 5.74) is 0.270. The molecule has 0 atom stereocenters. The average Bonchev–Trinajstić information content (AvgIpc) is 2.52. The molecule has 0 unspecified atom stereocenters. The largest absolute Gasteiger partial charge is 0.507 e. The summed E-state index contributed by atoms with van der Waals surface area (Å²) in [5, 5.41) is 10.6. The number of esters is 1. The summed E-state index contributed by atoms with van der Waals surface area (Å²) < 4.78 is 15.9. The number of rotatable bonds is 4. The molecule has 0 saturated heterocycles. The van der Waals surface area contributed by atoms with Crippen molar-refractivity contribution in [1.29, 1.82) is 0 Å². The second kappa shape index (κ2) is 6.23. The number of aromatic hydroxyl groups is 1. The van der Waals surface area contributed by atoms with E-state index in [1.807, 2.05) is 0 Å². The molecule has 0 bridgehead atoms. The Morgan fingerprint density at radius 2 is 1.96 bits per heavy atom. The highest BCUT2D eigenvalue weighted by atomic mass is 16.6. The first-order valence-corrected chi connectivity index (χ1v) is 7.46. The first-order chi connectivity index (χ1) is 11.5. The summed E-state index contributed by atoms with van der Waals surface area (Å²) in [6.45, 7) is 3.17. The molecule has 6 nitrogen and oxygen atoms in total. The molecule has 6 heteroatoms. The van der Waals surface area contributed by atoms with Gasteiger partial charge < -0.3 is 19.0 Å². The molecule has 3 rings (SSSR count). The van der Waals surface area contributed by atoms with Crippen LogP contribution in [-0.2, 0) is 9.53 Å². The number of hydrogen-bond donors (Lipinski definition) is 1. The monoisotopic (exact) mass is 328 g/mol. The molecule has 0 aliphatic carbocycles. The van der Waals surface area contributed by atoms with Gasteiger partial charge >= 0.3 is 5.97 Å². The number of fused-ring (bicyclic) bond motifs is 2. The van der Waals surface area contributed by atoms with E-state index in [1.54, 1.807) is 38.1 Å². The van der Waals surface area contributed by atoms with E-state index in [-0.39, 0.29) is 40.6 Å². The van der Waals surface area contributed by atoms with Crippen molar-refractivity contribution in [2.75, 3.05) is 6.61 Å². The van der Waals surface area contributed by atoms with Gasteiger partial charge in [-0.25, -0.2) is 4.79 Å². The maximum absolute atomic E-state index is 12.5. The summed E-state index contributed by atoms with van der Waals surface area (Å²) in [7, 11) is 0. The van der Waals surface area contributed by atoms with Crippen molar-refractivity contribution in [3.63, 3.8) is 0 Å². The van der Waals surface area contributed by atoms with Gasteiger partial charge in [-0.3, -0.25) is 4.79 Å². The topological polar surface area (TPSA) is 86.0 Å².